The molecule has 1 aromatic heterocycles. The van der Waals surface area contributed by atoms with E-state index in [1.54, 1.807) is 19.1 Å². The highest BCUT2D eigenvalue weighted by atomic mass is 19.4. The Labute approximate surface area is 182 Å². The lowest BCUT2D eigenvalue weighted by Crippen LogP contribution is -2.53. The van der Waals surface area contributed by atoms with Gasteiger partial charge in [-0.2, -0.15) is 18.2 Å². The summed E-state index contributed by atoms with van der Waals surface area (Å²) in [5.41, 5.74) is 3.75. The van der Waals surface area contributed by atoms with Gasteiger partial charge in [-0.1, -0.05) is 22.9 Å². The fraction of sp³-hybridized carbons (Fsp3) is 0.476. The summed E-state index contributed by atoms with van der Waals surface area (Å²) in [5.74, 6) is -0.296. The molecule has 3 aliphatic heterocycles. The topological polar surface area (TPSA) is 95.3 Å². The van der Waals surface area contributed by atoms with Crippen LogP contribution in [0.3, 0.4) is 0 Å². The molecule has 1 aromatic carbocycles. The standard InChI is InChI=1S/C21H23F3N6O2/c1-11-2-3-13(15(8-11)21(22,23)24)18-28-20(32-29-18)14-10-26-30-16(9-17(31)27-19(14)30)12-4-6-25-7-5-12/h2-3,8-9,12,14,19,25-26H,4-7,10H2,1H3,(H,27,31). The third-order valence-electron chi connectivity index (χ3n) is 6.23. The fourth-order valence-corrected chi connectivity index (χ4v) is 4.63. The van der Waals surface area contributed by atoms with Crippen molar-refractivity contribution in [1.29, 1.82) is 0 Å². The van der Waals surface area contributed by atoms with Gasteiger partial charge < -0.3 is 15.2 Å². The number of fused-ring (bicyclic) bond motifs is 1. The average molecular weight is 448 g/mol. The third kappa shape index (κ3) is 3.75. The van der Waals surface area contributed by atoms with Crippen LogP contribution in [0.4, 0.5) is 13.2 Å². The van der Waals surface area contributed by atoms with E-state index in [4.69, 9.17) is 4.52 Å². The molecule has 5 rings (SSSR count). The zero-order valence-corrected chi connectivity index (χ0v) is 17.4. The molecule has 4 heterocycles. The Morgan fingerprint density at radius 3 is 2.75 bits per heavy atom. The second-order valence-electron chi connectivity index (χ2n) is 8.39. The Bertz CT molecular complexity index is 1060. The van der Waals surface area contributed by atoms with Crippen molar-refractivity contribution in [1.82, 2.24) is 31.2 Å². The van der Waals surface area contributed by atoms with Gasteiger partial charge in [-0.15, -0.1) is 0 Å². The molecule has 2 aromatic rings. The molecule has 1 amide bonds. The van der Waals surface area contributed by atoms with Crippen molar-refractivity contribution in [3.63, 3.8) is 0 Å². The lowest BCUT2D eigenvalue weighted by molar-refractivity contribution is -0.137. The summed E-state index contributed by atoms with van der Waals surface area (Å²) in [5, 5.41) is 12.0. The molecule has 0 bridgehead atoms. The van der Waals surface area contributed by atoms with E-state index in [-0.39, 0.29) is 29.1 Å². The summed E-state index contributed by atoms with van der Waals surface area (Å²) >= 11 is 0. The summed E-state index contributed by atoms with van der Waals surface area (Å²) in [6, 6.07) is 4.00. The van der Waals surface area contributed by atoms with Gasteiger partial charge in [0, 0.05) is 29.8 Å². The van der Waals surface area contributed by atoms with Crippen molar-refractivity contribution in [2.45, 2.75) is 38.0 Å². The Morgan fingerprint density at radius 1 is 1.22 bits per heavy atom. The number of hydrazine groups is 1. The number of hydrogen-bond acceptors (Lipinski definition) is 7. The minimum absolute atomic E-state index is 0.123. The normalized spacial score (nSPS) is 24.3. The summed E-state index contributed by atoms with van der Waals surface area (Å²) < 4.78 is 46.0. The maximum absolute atomic E-state index is 13.5. The van der Waals surface area contributed by atoms with Crippen molar-refractivity contribution in [3.8, 4) is 11.4 Å². The van der Waals surface area contributed by atoms with Crippen molar-refractivity contribution in [2.24, 2.45) is 5.92 Å². The first-order valence-corrected chi connectivity index (χ1v) is 10.6. The summed E-state index contributed by atoms with van der Waals surface area (Å²) in [7, 11) is 0. The summed E-state index contributed by atoms with van der Waals surface area (Å²) in [6.07, 6.45) is -1.53. The van der Waals surface area contributed by atoms with Crippen LogP contribution >= 0.6 is 0 Å². The molecular formula is C21H23F3N6O2. The number of piperidine rings is 1. The summed E-state index contributed by atoms with van der Waals surface area (Å²) in [4.78, 5) is 16.7. The van der Waals surface area contributed by atoms with Crippen LogP contribution in [0.15, 0.2) is 34.5 Å². The molecule has 2 saturated heterocycles. The SMILES string of the molecule is Cc1ccc(-c2noc(C3CNN4C(C5CCNCC5)=CC(=O)NC34)n2)c(C(F)(F)F)c1. The van der Waals surface area contributed by atoms with Crippen molar-refractivity contribution >= 4 is 5.91 Å². The number of hydrogen-bond donors (Lipinski definition) is 3. The van der Waals surface area contributed by atoms with Gasteiger partial charge in [-0.05, 0) is 38.9 Å². The highest BCUT2D eigenvalue weighted by Gasteiger charge is 2.44. The zero-order valence-electron chi connectivity index (χ0n) is 17.4. The van der Waals surface area contributed by atoms with Crippen LogP contribution < -0.4 is 16.1 Å². The molecule has 3 aliphatic rings. The lowest BCUT2D eigenvalue weighted by Gasteiger charge is -2.38. The first kappa shape index (κ1) is 21.0. The van der Waals surface area contributed by atoms with Crippen LogP contribution in [0, 0.1) is 12.8 Å². The Morgan fingerprint density at radius 2 is 2.00 bits per heavy atom. The van der Waals surface area contributed by atoms with E-state index in [0.29, 0.717) is 12.1 Å². The number of carbonyl (C=O) groups is 1. The van der Waals surface area contributed by atoms with Crippen LogP contribution in [0.25, 0.3) is 11.4 Å². The molecule has 32 heavy (non-hydrogen) atoms. The second kappa shape index (κ2) is 7.89. The number of nitrogens with zero attached hydrogens (tertiary/aromatic N) is 3. The van der Waals surface area contributed by atoms with E-state index < -0.39 is 23.8 Å². The number of carbonyl (C=O) groups excluding carboxylic acids is 1. The molecule has 0 aliphatic carbocycles. The van der Waals surface area contributed by atoms with E-state index in [1.165, 1.54) is 6.07 Å². The quantitative estimate of drug-likeness (QED) is 0.663. The molecule has 170 valence electrons. The molecule has 2 unspecified atom stereocenters. The van der Waals surface area contributed by atoms with Gasteiger partial charge in [-0.3, -0.25) is 9.80 Å². The van der Waals surface area contributed by atoms with Gasteiger partial charge >= 0.3 is 6.18 Å². The van der Waals surface area contributed by atoms with Gasteiger partial charge in [0.05, 0.1) is 11.5 Å². The minimum atomic E-state index is -4.54. The van der Waals surface area contributed by atoms with Gasteiger partial charge in [0.1, 0.15) is 6.17 Å². The van der Waals surface area contributed by atoms with Gasteiger partial charge in [0.25, 0.3) is 0 Å². The molecule has 0 saturated carbocycles. The third-order valence-corrected chi connectivity index (χ3v) is 6.23. The lowest BCUT2D eigenvalue weighted by atomic mass is 9.92. The van der Waals surface area contributed by atoms with Crippen molar-refractivity contribution in [3.05, 3.63) is 47.0 Å². The van der Waals surface area contributed by atoms with E-state index in [0.717, 1.165) is 37.7 Å². The minimum Gasteiger partial charge on any atom is -0.338 e. The number of benzene rings is 1. The van der Waals surface area contributed by atoms with E-state index in [1.807, 2.05) is 5.01 Å². The summed E-state index contributed by atoms with van der Waals surface area (Å²) in [6.45, 7) is 3.78. The first-order chi connectivity index (χ1) is 15.3. The first-order valence-electron chi connectivity index (χ1n) is 10.6. The number of alkyl halides is 3. The number of allylic oxidation sites excluding steroid dienone is 1. The molecule has 0 spiro atoms. The van der Waals surface area contributed by atoms with Crippen LogP contribution in [-0.4, -0.2) is 46.9 Å². The number of halogens is 3. The molecule has 2 fully saturated rings. The number of aromatic nitrogens is 2. The highest BCUT2D eigenvalue weighted by Crippen LogP contribution is 2.38. The Hall–Kier alpha value is -2.92. The second-order valence-corrected chi connectivity index (χ2v) is 8.39. The maximum atomic E-state index is 13.5. The monoisotopic (exact) mass is 448 g/mol. The highest BCUT2D eigenvalue weighted by molar-refractivity contribution is 5.89. The van der Waals surface area contributed by atoms with Crippen molar-refractivity contribution < 1.29 is 22.5 Å². The molecular weight excluding hydrogens is 425 g/mol. The zero-order chi connectivity index (χ0) is 22.5. The molecule has 0 radical (unpaired) electrons. The number of nitrogens with one attached hydrogen (secondary N) is 3. The van der Waals surface area contributed by atoms with Gasteiger partial charge in [0.2, 0.25) is 17.6 Å². The van der Waals surface area contributed by atoms with E-state index in [9.17, 15) is 18.0 Å². The largest absolute Gasteiger partial charge is 0.417 e. The van der Waals surface area contributed by atoms with Crippen LogP contribution in [-0.2, 0) is 11.0 Å². The number of rotatable bonds is 3. The van der Waals surface area contributed by atoms with Crippen LogP contribution in [0.5, 0.6) is 0 Å². The van der Waals surface area contributed by atoms with Gasteiger partial charge in [-0.25, -0.2) is 5.43 Å². The Kier molecular flexibility index (Phi) is 5.17. The fourth-order valence-electron chi connectivity index (χ4n) is 4.63. The number of amides is 1. The number of aryl methyl sites for hydroxylation is 1. The predicted molar refractivity (Wildman–Crippen MR) is 108 cm³/mol. The van der Waals surface area contributed by atoms with E-state index in [2.05, 4.69) is 26.2 Å². The average Bonchev–Trinajstić information content (AvgIpc) is 3.40. The molecule has 8 nitrogen and oxygen atoms in total. The van der Waals surface area contributed by atoms with Crippen LogP contribution in [0.1, 0.15) is 35.8 Å². The molecule has 3 N–H and O–H groups in total. The Balaban J connectivity index is 1.43. The molecule has 2 atom stereocenters. The smallest absolute Gasteiger partial charge is 0.338 e. The van der Waals surface area contributed by atoms with E-state index >= 15 is 0 Å². The predicted octanol–water partition coefficient (Wildman–Crippen LogP) is 2.31. The maximum Gasteiger partial charge on any atom is 0.417 e. The van der Waals surface area contributed by atoms with Crippen LogP contribution in [0.2, 0.25) is 0 Å². The van der Waals surface area contributed by atoms with Crippen molar-refractivity contribution in [2.75, 3.05) is 19.6 Å². The van der Waals surface area contributed by atoms with Gasteiger partial charge in [0.15, 0.2) is 0 Å². The molecule has 11 heteroatoms.